The summed E-state index contributed by atoms with van der Waals surface area (Å²) >= 11 is 1.47. The second-order valence-corrected chi connectivity index (χ2v) is 7.55. The molecule has 0 radical (unpaired) electrons. The summed E-state index contributed by atoms with van der Waals surface area (Å²) in [6, 6.07) is 14.0. The lowest BCUT2D eigenvalue weighted by molar-refractivity contribution is -0.126. The monoisotopic (exact) mass is 356 g/mol. The summed E-state index contributed by atoms with van der Waals surface area (Å²) < 4.78 is 0. The van der Waals surface area contributed by atoms with Gasteiger partial charge in [-0.1, -0.05) is 43.3 Å². The maximum atomic E-state index is 12.4. The number of hydrogen-bond donors (Lipinski definition) is 1. The van der Waals surface area contributed by atoms with Crippen molar-refractivity contribution < 1.29 is 9.59 Å². The van der Waals surface area contributed by atoms with Crippen LogP contribution in [0.25, 0.3) is 0 Å². The van der Waals surface area contributed by atoms with Crippen LogP contribution in [0.4, 0.5) is 0 Å². The Hall–Kier alpha value is -2.14. The number of piperidine rings is 1. The lowest BCUT2D eigenvalue weighted by Gasteiger charge is -2.31. The van der Waals surface area contributed by atoms with Gasteiger partial charge in [-0.05, 0) is 35.8 Å². The van der Waals surface area contributed by atoms with Crippen LogP contribution >= 0.6 is 11.3 Å². The van der Waals surface area contributed by atoms with Crippen LogP contribution in [0.5, 0.6) is 0 Å². The molecule has 132 valence electrons. The van der Waals surface area contributed by atoms with E-state index >= 15 is 0 Å². The third-order valence-electron chi connectivity index (χ3n) is 4.84. The predicted molar refractivity (Wildman–Crippen MR) is 101 cm³/mol. The average Bonchev–Trinajstić information content (AvgIpc) is 3.21. The van der Waals surface area contributed by atoms with Crippen LogP contribution < -0.4 is 5.32 Å². The summed E-state index contributed by atoms with van der Waals surface area (Å²) in [6.07, 6.45) is 1.48. The van der Waals surface area contributed by atoms with Crippen molar-refractivity contribution in [3.8, 4) is 0 Å². The number of benzene rings is 1. The molecule has 0 unspecified atom stereocenters. The first kappa shape index (κ1) is 17.7. The summed E-state index contributed by atoms with van der Waals surface area (Å²) in [5.74, 6) is 0.513. The van der Waals surface area contributed by atoms with E-state index in [-0.39, 0.29) is 17.7 Å². The van der Waals surface area contributed by atoms with Crippen molar-refractivity contribution in [1.29, 1.82) is 0 Å². The van der Waals surface area contributed by atoms with Gasteiger partial charge >= 0.3 is 0 Å². The van der Waals surface area contributed by atoms with Gasteiger partial charge in [0.2, 0.25) is 5.91 Å². The molecule has 2 aromatic rings. The van der Waals surface area contributed by atoms with E-state index in [1.807, 2.05) is 40.6 Å². The van der Waals surface area contributed by atoms with E-state index in [1.54, 1.807) is 0 Å². The van der Waals surface area contributed by atoms with Crippen LogP contribution in [0.15, 0.2) is 47.8 Å². The van der Waals surface area contributed by atoms with Crippen molar-refractivity contribution in [2.45, 2.75) is 25.7 Å². The summed E-state index contributed by atoms with van der Waals surface area (Å²) in [5, 5.41) is 5.00. The Morgan fingerprint density at radius 1 is 1.16 bits per heavy atom. The molecule has 2 heterocycles. The van der Waals surface area contributed by atoms with E-state index in [0.717, 1.165) is 17.7 Å². The Labute approximate surface area is 152 Å². The zero-order valence-electron chi connectivity index (χ0n) is 14.5. The molecule has 1 aromatic heterocycles. The van der Waals surface area contributed by atoms with E-state index in [0.29, 0.717) is 25.6 Å². The fourth-order valence-electron chi connectivity index (χ4n) is 3.20. The molecule has 5 heteroatoms. The van der Waals surface area contributed by atoms with Crippen molar-refractivity contribution in [3.63, 3.8) is 0 Å². The van der Waals surface area contributed by atoms with Gasteiger partial charge in [0, 0.05) is 25.6 Å². The highest BCUT2D eigenvalue weighted by atomic mass is 32.1. The van der Waals surface area contributed by atoms with Gasteiger partial charge in [0.25, 0.3) is 5.91 Å². The van der Waals surface area contributed by atoms with Gasteiger partial charge in [0.15, 0.2) is 0 Å². The highest BCUT2D eigenvalue weighted by molar-refractivity contribution is 7.12. The van der Waals surface area contributed by atoms with Gasteiger partial charge in [-0.25, -0.2) is 0 Å². The van der Waals surface area contributed by atoms with Gasteiger partial charge in [-0.15, -0.1) is 11.3 Å². The lowest BCUT2D eigenvalue weighted by Crippen LogP contribution is -2.43. The van der Waals surface area contributed by atoms with Crippen molar-refractivity contribution in [2.24, 2.45) is 5.92 Å². The highest BCUT2D eigenvalue weighted by Gasteiger charge is 2.28. The first-order valence-corrected chi connectivity index (χ1v) is 9.68. The Morgan fingerprint density at radius 3 is 2.52 bits per heavy atom. The molecular formula is C20H24N2O2S. The van der Waals surface area contributed by atoms with Crippen LogP contribution in [0.1, 0.15) is 40.9 Å². The SMILES string of the molecule is C[C@H](CNC(=O)C1CCN(C(=O)c2cccs2)CC1)c1ccccc1. The van der Waals surface area contributed by atoms with Gasteiger partial charge in [0.1, 0.15) is 0 Å². The van der Waals surface area contributed by atoms with Crippen LogP contribution in [-0.4, -0.2) is 36.3 Å². The molecule has 1 N–H and O–H groups in total. The zero-order chi connectivity index (χ0) is 17.6. The van der Waals surface area contributed by atoms with E-state index in [1.165, 1.54) is 16.9 Å². The normalized spacial score (nSPS) is 16.4. The number of carbonyl (C=O) groups is 2. The molecule has 4 nitrogen and oxygen atoms in total. The molecule has 0 saturated carbocycles. The summed E-state index contributed by atoms with van der Waals surface area (Å²) in [7, 11) is 0. The Morgan fingerprint density at radius 2 is 1.88 bits per heavy atom. The Kier molecular flexibility index (Phi) is 5.87. The maximum Gasteiger partial charge on any atom is 0.263 e. The van der Waals surface area contributed by atoms with E-state index < -0.39 is 0 Å². The van der Waals surface area contributed by atoms with E-state index in [2.05, 4.69) is 24.4 Å². The topological polar surface area (TPSA) is 49.4 Å². The van der Waals surface area contributed by atoms with E-state index in [4.69, 9.17) is 0 Å². The van der Waals surface area contributed by atoms with E-state index in [9.17, 15) is 9.59 Å². The molecule has 1 atom stereocenters. The van der Waals surface area contributed by atoms with Crippen LogP contribution in [-0.2, 0) is 4.79 Å². The first-order valence-electron chi connectivity index (χ1n) is 8.80. The number of rotatable bonds is 5. The number of nitrogens with one attached hydrogen (secondary N) is 1. The molecule has 0 spiro atoms. The summed E-state index contributed by atoms with van der Waals surface area (Å²) in [4.78, 5) is 27.4. The minimum absolute atomic E-state index is 0.00959. The minimum Gasteiger partial charge on any atom is -0.355 e. The van der Waals surface area contributed by atoms with Gasteiger partial charge in [-0.2, -0.15) is 0 Å². The van der Waals surface area contributed by atoms with Crippen molar-refractivity contribution >= 4 is 23.2 Å². The number of nitrogens with zero attached hydrogens (tertiary/aromatic N) is 1. The van der Waals surface area contributed by atoms with Gasteiger partial charge in [0.05, 0.1) is 4.88 Å². The summed E-state index contributed by atoms with van der Waals surface area (Å²) in [5.41, 5.74) is 1.24. The Bertz CT molecular complexity index is 692. The molecule has 3 rings (SSSR count). The fraction of sp³-hybridized carbons (Fsp3) is 0.400. The molecule has 1 aliphatic heterocycles. The lowest BCUT2D eigenvalue weighted by atomic mass is 9.95. The van der Waals surface area contributed by atoms with Gasteiger partial charge in [-0.3, -0.25) is 9.59 Å². The minimum atomic E-state index is 0.00959. The second kappa shape index (κ2) is 8.30. The van der Waals surface area contributed by atoms with Crippen molar-refractivity contribution in [2.75, 3.05) is 19.6 Å². The number of amides is 2. The maximum absolute atomic E-state index is 12.4. The number of carbonyl (C=O) groups excluding carboxylic acids is 2. The average molecular weight is 356 g/mol. The highest BCUT2D eigenvalue weighted by Crippen LogP contribution is 2.21. The predicted octanol–water partition coefficient (Wildman–Crippen LogP) is 3.52. The van der Waals surface area contributed by atoms with Crippen LogP contribution in [0, 0.1) is 5.92 Å². The molecular weight excluding hydrogens is 332 g/mol. The molecule has 2 amide bonds. The van der Waals surface area contributed by atoms with Crippen molar-refractivity contribution in [1.82, 2.24) is 10.2 Å². The molecule has 1 saturated heterocycles. The molecule has 0 aliphatic carbocycles. The number of hydrogen-bond acceptors (Lipinski definition) is 3. The number of thiophene rings is 1. The Balaban J connectivity index is 1.45. The smallest absolute Gasteiger partial charge is 0.263 e. The van der Waals surface area contributed by atoms with Crippen LogP contribution in [0.2, 0.25) is 0 Å². The fourth-order valence-corrected chi connectivity index (χ4v) is 3.89. The molecule has 0 bridgehead atoms. The molecule has 1 aliphatic rings. The van der Waals surface area contributed by atoms with Crippen LogP contribution in [0.3, 0.4) is 0 Å². The third-order valence-corrected chi connectivity index (χ3v) is 5.69. The third kappa shape index (κ3) is 4.48. The summed E-state index contributed by atoms with van der Waals surface area (Å²) in [6.45, 7) is 4.08. The van der Waals surface area contributed by atoms with Gasteiger partial charge < -0.3 is 10.2 Å². The first-order chi connectivity index (χ1) is 12.1. The largest absolute Gasteiger partial charge is 0.355 e. The standard InChI is InChI=1S/C20H24N2O2S/c1-15(16-6-3-2-4-7-16)14-21-19(23)17-9-11-22(12-10-17)20(24)18-8-5-13-25-18/h2-8,13,15,17H,9-12,14H2,1H3,(H,21,23)/t15-/m1/s1. The molecule has 1 aromatic carbocycles. The molecule has 25 heavy (non-hydrogen) atoms. The van der Waals surface area contributed by atoms with Crippen molar-refractivity contribution in [3.05, 3.63) is 58.3 Å². The quantitative estimate of drug-likeness (QED) is 0.891. The number of likely N-dealkylation sites (tertiary alicyclic amines) is 1. The zero-order valence-corrected chi connectivity index (χ0v) is 15.3. The second-order valence-electron chi connectivity index (χ2n) is 6.60. The molecule has 1 fully saturated rings.